The Morgan fingerprint density at radius 3 is 2.18 bits per heavy atom. The number of hydrogen-bond donors (Lipinski definition) is 1. The van der Waals surface area contributed by atoms with Gasteiger partial charge in [-0.15, -0.1) is 5.10 Å². The SMILES string of the molecule is CCc1ccc(Oc2ccc(C=NN=C(N)SCc3ccccc3)cc2)cc1. The topological polar surface area (TPSA) is 60.0 Å². The summed E-state index contributed by atoms with van der Waals surface area (Å²) < 4.78 is 5.85. The fourth-order valence-electron chi connectivity index (χ4n) is 2.46. The van der Waals surface area contributed by atoms with Crippen LogP contribution in [0.3, 0.4) is 0 Å². The second kappa shape index (κ2) is 10.3. The van der Waals surface area contributed by atoms with Gasteiger partial charge in [-0.05, 0) is 59.5 Å². The lowest BCUT2D eigenvalue weighted by Crippen LogP contribution is -2.05. The molecule has 0 aromatic heterocycles. The van der Waals surface area contributed by atoms with Crippen LogP contribution < -0.4 is 10.5 Å². The minimum Gasteiger partial charge on any atom is -0.457 e. The summed E-state index contributed by atoms with van der Waals surface area (Å²) >= 11 is 1.46. The number of nitrogens with zero attached hydrogens (tertiary/aromatic N) is 2. The molecule has 0 bridgehead atoms. The molecule has 0 atom stereocenters. The lowest BCUT2D eigenvalue weighted by molar-refractivity contribution is 0.482. The molecule has 0 radical (unpaired) electrons. The highest BCUT2D eigenvalue weighted by Gasteiger charge is 1.98. The molecule has 0 unspecified atom stereocenters. The molecule has 142 valence electrons. The Kier molecular flexibility index (Phi) is 7.27. The number of benzene rings is 3. The van der Waals surface area contributed by atoms with Crippen LogP contribution in [0.2, 0.25) is 0 Å². The van der Waals surface area contributed by atoms with E-state index in [-0.39, 0.29) is 0 Å². The number of nitrogens with two attached hydrogens (primary N) is 1. The van der Waals surface area contributed by atoms with E-state index in [4.69, 9.17) is 10.5 Å². The molecule has 0 aliphatic heterocycles. The van der Waals surface area contributed by atoms with Crippen molar-refractivity contribution in [2.75, 3.05) is 0 Å². The first-order valence-corrected chi connectivity index (χ1v) is 10.1. The number of thioether (sulfide) groups is 1. The molecular weight excluding hydrogens is 366 g/mol. The van der Waals surface area contributed by atoms with E-state index < -0.39 is 0 Å². The van der Waals surface area contributed by atoms with E-state index in [1.807, 2.05) is 54.6 Å². The monoisotopic (exact) mass is 389 g/mol. The normalized spacial score (nSPS) is 11.7. The van der Waals surface area contributed by atoms with E-state index in [1.165, 1.54) is 22.9 Å². The van der Waals surface area contributed by atoms with Crippen molar-refractivity contribution in [2.24, 2.45) is 15.9 Å². The molecule has 0 spiro atoms. The fourth-order valence-corrected chi connectivity index (χ4v) is 3.08. The van der Waals surface area contributed by atoms with Crippen LogP contribution in [0, 0.1) is 0 Å². The minimum atomic E-state index is 0.440. The van der Waals surface area contributed by atoms with Crippen LogP contribution in [0.4, 0.5) is 0 Å². The van der Waals surface area contributed by atoms with Crippen molar-refractivity contribution >= 4 is 23.1 Å². The van der Waals surface area contributed by atoms with Crippen LogP contribution >= 0.6 is 11.8 Å². The number of ether oxygens (including phenoxy) is 1. The Hall–Kier alpha value is -3.05. The van der Waals surface area contributed by atoms with Crippen molar-refractivity contribution in [3.8, 4) is 11.5 Å². The third-order valence-electron chi connectivity index (χ3n) is 4.04. The lowest BCUT2D eigenvalue weighted by atomic mass is 10.2. The number of amidine groups is 1. The molecule has 4 nitrogen and oxygen atoms in total. The third kappa shape index (κ3) is 6.28. The van der Waals surface area contributed by atoms with E-state index in [2.05, 4.69) is 41.4 Å². The molecule has 3 aromatic rings. The average molecular weight is 390 g/mol. The first-order chi connectivity index (χ1) is 13.7. The summed E-state index contributed by atoms with van der Waals surface area (Å²) in [5, 5.41) is 8.54. The van der Waals surface area contributed by atoms with Crippen LogP contribution in [0.1, 0.15) is 23.6 Å². The smallest absolute Gasteiger partial charge is 0.180 e. The number of rotatable bonds is 7. The summed E-state index contributed by atoms with van der Waals surface area (Å²) in [5.74, 6) is 2.38. The van der Waals surface area contributed by atoms with Gasteiger partial charge in [0.15, 0.2) is 5.17 Å². The highest BCUT2D eigenvalue weighted by Crippen LogP contribution is 2.22. The predicted molar refractivity (Wildman–Crippen MR) is 119 cm³/mol. The van der Waals surface area contributed by atoms with E-state index in [0.717, 1.165) is 29.2 Å². The van der Waals surface area contributed by atoms with Crippen molar-refractivity contribution in [3.63, 3.8) is 0 Å². The summed E-state index contributed by atoms with van der Waals surface area (Å²) in [6.07, 6.45) is 2.70. The zero-order valence-electron chi connectivity index (χ0n) is 15.8. The second-order valence-electron chi connectivity index (χ2n) is 6.13. The molecule has 3 rings (SSSR count). The summed E-state index contributed by atoms with van der Waals surface area (Å²) in [5.41, 5.74) is 9.32. The van der Waals surface area contributed by atoms with Crippen molar-refractivity contribution in [3.05, 3.63) is 95.6 Å². The Bertz CT molecular complexity index is 920. The minimum absolute atomic E-state index is 0.440. The third-order valence-corrected chi connectivity index (χ3v) is 4.90. The Balaban J connectivity index is 1.51. The van der Waals surface area contributed by atoms with Crippen LogP contribution in [-0.4, -0.2) is 11.4 Å². The fraction of sp³-hybridized carbons (Fsp3) is 0.130. The highest BCUT2D eigenvalue weighted by atomic mass is 32.2. The number of hydrogen-bond acceptors (Lipinski definition) is 4. The molecule has 0 fully saturated rings. The van der Waals surface area contributed by atoms with Gasteiger partial charge in [0.1, 0.15) is 11.5 Å². The van der Waals surface area contributed by atoms with Gasteiger partial charge >= 0.3 is 0 Å². The summed E-state index contributed by atoms with van der Waals surface area (Å²) in [4.78, 5) is 0. The molecule has 28 heavy (non-hydrogen) atoms. The summed E-state index contributed by atoms with van der Waals surface area (Å²) in [6, 6.07) is 25.9. The maximum Gasteiger partial charge on any atom is 0.180 e. The summed E-state index contributed by atoms with van der Waals surface area (Å²) in [6.45, 7) is 2.13. The maximum atomic E-state index is 5.90. The van der Waals surface area contributed by atoms with Crippen molar-refractivity contribution in [2.45, 2.75) is 19.1 Å². The molecule has 5 heteroatoms. The molecule has 0 saturated carbocycles. The van der Waals surface area contributed by atoms with E-state index >= 15 is 0 Å². The molecular formula is C23H23N3OS. The van der Waals surface area contributed by atoms with Gasteiger partial charge in [-0.1, -0.05) is 61.2 Å². The van der Waals surface area contributed by atoms with Crippen molar-refractivity contribution in [1.29, 1.82) is 0 Å². The maximum absolute atomic E-state index is 5.90. The Morgan fingerprint density at radius 2 is 1.54 bits per heavy atom. The number of aryl methyl sites for hydroxylation is 1. The van der Waals surface area contributed by atoms with Gasteiger partial charge in [0.25, 0.3) is 0 Å². The predicted octanol–water partition coefficient (Wildman–Crippen LogP) is 5.62. The zero-order valence-corrected chi connectivity index (χ0v) is 16.6. The van der Waals surface area contributed by atoms with Gasteiger partial charge < -0.3 is 10.5 Å². The standard InChI is InChI=1S/C23H23N3OS/c1-2-18-8-12-21(13-9-18)27-22-14-10-19(11-15-22)16-25-26-23(24)28-17-20-6-4-3-5-7-20/h3-16H,2,17H2,1H3,(H2,24,26). The zero-order chi connectivity index (χ0) is 19.6. The molecule has 0 saturated heterocycles. The van der Waals surface area contributed by atoms with Gasteiger partial charge in [0.05, 0.1) is 6.21 Å². The average Bonchev–Trinajstić information content (AvgIpc) is 2.75. The van der Waals surface area contributed by atoms with Crippen LogP contribution in [0.25, 0.3) is 0 Å². The van der Waals surface area contributed by atoms with Gasteiger partial charge in [-0.25, -0.2) is 0 Å². The molecule has 0 heterocycles. The van der Waals surface area contributed by atoms with Gasteiger partial charge in [0.2, 0.25) is 0 Å². The van der Waals surface area contributed by atoms with Gasteiger partial charge in [-0.3, -0.25) is 0 Å². The molecule has 2 N–H and O–H groups in total. The first kappa shape index (κ1) is 19.7. The lowest BCUT2D eigenvalue weighted by Gasteiger charge is -2.06. The van der Waals surface area contributed by atoms with Crippen LogP contribution in [0.5, 0.6) is 11.5 Å². The van der Waals surface area contributed by atoms with Crippen molar-refractivity contribution < 1.29 is 4.74 Å². The largest absolute Gasteiger partial charge is 0.457 e. The molecule has 3 aromatic carbocycles. The van der Waals surface area contributed by atoms with E-state index in [0.29, 0.717) is 5.17 Å². The summed E-state index contributed by atoms with van der Waals surface area (Å²) in [7, 11) is 0. The van der Waals surface area contributed by atoms with Crippen LogP contribution in [0.15, 0.2) is 89.1 Å². The van der Waals surface area contributed by atoms with Gasteiger partial charge in [0, 0.05) is 5.75 Å². The Labute approximate surface area is 170 Å². The van der Waals surface area contributed by atoms with Crippen LogP contribution in [-0.2, 0) is 12.2 Å². The Morgan fingerprint density at radius 1 is 0.893 bits per heavy atom. The molecule has 0 aliphatic rings. The van der Waals surface area contributed by atoms with E-state index in [1.54, 1.807) is 6.21 Å². The van der Waals surface area contributed by atoms with E-state index in [9.17, 15) is 0 Å². The molecule has 0 amide bonds. The van der Waals surface area contributed by atoms with Crippen molar-refractivity contribution in [1.82, 2.24) is 0 Å². The molecule has 0 aliphatic carbocycles. The first-order valence-electron chi connectivity index (χ1n) is 9.13. The quantitative estimate of drug-likeness (QED) is 0.324. The second-order valence-corrected chi connectivity index (χ2v) is 7.12. The van der Waals surface area contributed by atoms with Gasteiger partial charge in [-0.2, -0.15) is 5.10 Å². The highest BCUT2D eigenvalue weighted by molar-refractivity contribution is 8.13.